The number of amides is 1. The Balaban J connectivity index is 1.33. The maximum Gasteiger partial charge on any atom is 0.322 e. The van der Waals surface area contributed by atoms with Crippen molar-refractivity contribution in [3.63, 3.8) is 0 Å². The normalized spacial score (nSPS) is 13.6. The van der Waals surface area contributed by atoms with E-state index in [0.29, 0.717) is 18.1 Å². The summed E-state index contributed by atoms with van der Waals surface area (Å²) in [5.41, 5.74) is 2.00. The number of fused-ring (bicyclic) bond motifs is 1. The third-order valence-electron chi connectivity index (χ3n) is 5.15. The second kappa shape index (κ2) is 8.21. The molecule has 162 valence electrons. The van der Waals surface area contributed by atoms with Crippen LogP contribution in [0.5, 0.6) is 0 Å². The maximum atomic E-state index is 13.2. The van der Waals surface area contributed by atoms with Crippen molar-refractivity contribution in [2.75, 3.05) is 16.2 Å². The van der Waals surface area contributed by atoms with Crippen molar-refractivity contribution in [1.29, 1.82) is 0 Å². The Morgan fingerprint density at radius 1 is 1.03 bits per heavy atom. The number of aryl methyl sites for hydroxylation is 1. The molecule has 0 saturated heterocycles. The SMILES string of the molecule is O=C(Nc1nnc(-c2cccs2)o1)c1ccc(S(=O)(=O)N2CCCc3ccccc32)cc1. The summed E-state index contributed by atoms with van der Waals surface area (Å²) < 4.78 is 33.4. The molecule has 1 aliphatic heterocycles. The van der Waals surface area contributed by atoms with Gasteiger partial charge in [-0.3, -0.25) is 14.4 Å². The lowest BCUT2D eigenvalue weighted by Crippen LogP contribution is -2.35. The number of hydrogen-bond acceptors (Lipinski definition) is 7. The number of para-hydroxylation sites is 1. The standard InChI is InChI=1S/C22H18N4O4S2/c27-20(23-22-25-24-21(30-22)19-8-4-14-31-19)16-9-11-17(12-10-16)32(28,29)26-13-3-6-15-5-1-2-7-18(15)26/h1-2,4-5,7-12,14H,3,6,13H2,(H,23,25,27). The highest BCUT2D eigenvalue weighted by atomic mass is 32.2. The van der Waals surface area contributed by atoms with Gasteiger partial charge in [0.2, 0.25) is 0 Å². The van der Waals surface area contributed by atoms with Crippen molar-refractivity contribution in [2.45, 2.75) is 17.7 Å². The first-order valence-corrected chi connectivity index (χ1v) is 12.2. The van der Waals surface area contributed by atoms with Crippen LogP contribution in [0.3, 0.4) is 0 Å². The molecule has 8 nitrogen and oxygen atoms in total. The number of thiophene rings is 1. The minimum atomic E-state index is -3.74. The van der Waals surface area contributed by atoms with Crippen LogP contribution in [-0.2, 0) is 16.4 Å². The zero-order valence-corrected chi connectivity index (χ0v) is 18.4. The molecule has 0 bridgehead atoms. The minimum Gasteiger partial charge on any atom is -0.402 e. The molecule has 1 N–H and O–H groups in total. The van der Waals surface area contributed by atoms with E-state index in [-0.39, 0.29) is 16.5 Å². The number of anilines is 2. The van der Waals surface area contributed by atoms with Crippen LogP contribution in [0.15, 0.2) is 75.4 Å². The zero-order chi connectivity index (χ0) is 22.1. The van der Waals surface area contributed by atoms with E-state index in [4.69, 9.17) is 4.42 Å². The van der Waals surface area contributed by atoms with Gasteiger partial charge in [0.15, 0.2) is 0 Å². The number of benzene rings is 2. The van der Waals surface area contributed by atoms with Crippen LogP contribution in [0.25, 0.3) is 10.8 Å². The highest BCUT2D eigenvalue weighted by Crippen LogP contribution is 2.32. The van der Waals surface area contributed by atoms with E-state index in [2.05, 4.69) is 15.5 Å². The van der Waals surface area contributed by atoms with Crippen LogP contribution in [-0.4, -0.2) is 31.1 Å². The molecule has 3 heterocycles. The van der Waals surface area contributed by atoms with Crippen LogP contribution < -0.4 is 9.62 Å². The van der Waals surface area contributed by atoms with E-state index >= 15 is 0 Å². The fraction of sp³-hybridized carbons (Fsp3) is 0.136. The summed E-state index contributed by atoms with van der Waals surface area (Å²) in [5, 5.41) is 12.2. The molecule has 0 atom stereocenters. The van der Waals surface area contributed by atoms with Gasteiger partial charge in [-0.05, 0) is 60.2 Å². The topological polar surface area (TPSA) is 105 Å². The minimum absolute atomic E-state index is 0.0278. The van der Waals surface area contributed by atoms with Gasteiger partial charge in [-0.15, -0.1) is 16.4 Å². The highest BCUT2D eigenvalue weighted by Gasteiger charge is 2.29. The fourth-order valence-corrected chi connectivity index (χ4v) is 5.78. The average Bonchev–Trinajstić information content (AvgIpc) is 3.51. The third kappa shape index (κ3) is 3.78. The Bertz CT molecular complexity index is 1360. The Labute approximate surface area is 188 Å². The van der Waals surface area contributed by atoms with Crippen LogP contribution in [0.4, 0.5) is 11.7 Å². The number of sulfonamides is 1. The van der Waals surface area contributed by atoms with Gasteiger partial charge in [0, 0.05) is 12.1 Å². The van der Waals surface area contributed by atoms with Gasteiger partial charge < -0.3 is 4.42 Å². The molecular formula is C22H18N4O4S2. The zero-order valence-electron chi connectivity index (χ0n) is 16.8. The van der Waals surface area contributed by atoms with Crippen molar-refractivity contribution in [1.82, 2.24) is 10.2 Å². The van der Waals surface area contributed by atoms with Crippen molar-refractivity contribution in [3.8, 4) is 10.8 Å². The molecule has 0 spiro atoms. The van der Waals surface area contributed by atoms with E-state index in [1.54, 1.807) is 0 Å². The Kier molecular flexibility index (Phi) is 5.24. The molecular weight excluding hydrogens is 448 g/mol. The van der Waals surface area contributed by atoms with E-state index in [0.717, 1.165) is 23.3 Å². The van der Waals surface area contributed by atoms with Crippen LogP contribution in [0, 0.1) is 0 Å². The summed E-state index contributed by atoms with van der Waals surface area (Å²) in [6, 6.07) is 17.0. The number of hydrogen-bond donors (Lipinski definition) is 1. The molecule has 32 heavy (non-hydrogen) atoms. The number of carbonyl (C=O) groups is 1. The summed E-state index contributed by atoms with van der Waals surface area (Å²) in [6.45, 7) is 0.422. The molecule has 1 amide bonds. The van der Waals surface area contributed by atoms with Crippen LogP contribution >= 0.6 is 11.3 Å². The monoisotopic (exact) mass is 466 g/mol. The lowest BCUT2D eigenvalue weighted by molar-refractivity contribution is 0.102. The third-order valence-corrected chi connectivity index (χ3v) is 7.83. The molecule has 4 aromatic rings. The number of aromatic nitrogens is 2. The van der Waals surface area contributed by atoms with Gasteiger partial charge in [0.25, 0.3) is 21.8 Å². The van der Waals surface area contributed by atoms with Crippen molar-refractivity contribution < 1.29 is 17.6 Å². The molecule has 2 aromatic heterocycles. The smallest absolute Gasteiger partial charge is 0.322 e. The molecule has 0 radical (unpaired) electrons. The first kappa shape index (κ1) is 20.4. The van der Waals surface area contributed by atoms with E-state index in [9.17, 15) is 13.2 Å². The average molecular weight is 467 g/mol. The number of nitrogens with one attached hydrogen (secondary N) is 1. The molecule has 0 unspecified atom stereocenters. The van der Waals surface area contributed by atoms with Crippen LogP contribution in [0.2, 0.25) is 0 Å². The van der Waals surface area contributed by atoms with Gasteiger partial charge in [-0.1, -0.05) is 29.4 Å². The van der Waals surface area contributed by atoms with E-state index < -0.39 is 15.9 Å². The van der Waals surface area contributed by atoms with Gasteiger partial charge >= 0.3 is 6.01 Å². The highest BCUT2D eigenvalue weighted by molar-refractivity contribution is 7.92. The predicted molar refractivity (Wildman–Crippen MR) is 121 cm³/mol. The largest absolute Gasteiger partial charge is 0.402 e. The lowest BCUT2D eigenvalue weighted by Gasteiger charge is -2.30. The maximum absolute atomic E-state index is 13.2. The summed E-state index contributed by atoms with van der Waals surface area (Å²) >= 11 is 1.45. The molecule has 2 aromatic carbocycles. The van der Waals surface area contributed by atoms with Gasteiger partial charge in [0.05, 0.1) is 15.5 Å². The summed E-state index contributed by atoms with van der Waals surface area (Å²) in [4.78, 5) is 13.5. The van der Waals surface area contributed by atoms with Crippen molar-refractivity contribution in [3.05, 3.63) is 77.2 Å². The first-order chi connectivity index (χ1) is 15.5. The Morgan fingerprint density at radius 3 is 2.62 bits per heavy atom. The summed E-state index contributed by atoms with van der Waals surface area (Å²) in [7, 11) is -3.74. The second-order valence-electron chi connectivity index (χ2n) is 7.18. The number of rotatable bonds is 5. The fourth-order valence-electron chi connectivity index (χ4n) is 3.60. The Morgan fingerprint density at radius 2 is 1.84 bits per heavy atom. The van der Waals surface area contributed by atoms with Gasteiger partial charge in [0.1, 0.15) is 0 Å². The van der Waals surface area contributed by atoms with E-state index in [1.807, 2.05) is 41.8 Å². The second-order valence-corrected chi connectivity index (χ2v) is 9.99. The van der Waals surface area contributed by atoms with Crippen LogP contribution in [0.1, 0.15) is 22.3 Å². The molecule has 0 fully saturated rings. The van der Waals surface area contributed by atoms with Crippen molar-refractivity contribution in [2.24, 2.45) is 0 Å². The molecule has 1 aliphatic rings. The molecule has 5 rings (SSSR count). The number of nitrogens with zero attached hydrogens (tertiary/aromatic N) is 3. The van der Waals surface area contributed by atoms with Gasteiger partial charge in [-0.25, -0.2) is 8.42 Å². The number of carbonyl (C=O) groups excluding carboxylic acids is 1. The summed E-state index contributed by atoms with van der Waals surface area (Å²) in [5.74, 6) is -0.155. The van der Waals surface area contributed by atoms with Gasteiger partial charge in [-0.2, -0.15) is 0 Å². The van der Waals surface area contributed by atoms with Crippen molar-refractivity contribution >= 4 is 39.0 Å². The molecule has 0 aliphatic carbocycles. The van der Waals surface area contributed by atoms with E-state index in [1.165, 1.54) is 39.9 Å². The molecule has 10 heteroatoms. The Hall–Kier alpha value is -3.50. The quantitative estimate of drug-likeness (QED) is 0.473. The predicted octanol–water partition coefficient (Wildman–Crippen LogP) is 4.19. The molecule has 0 saturated carbocycles. The summed E-state index contributed by atoms with van der Waals surface area (Å²) in [6.07, 6.45) is 1.61. The lowest BCUT2D eigenvalue weighted by atomic mass is 10.0. The first-order valence-electron chi connectivity index (χ1n) is 9.92.